The molecule has 80 valence electrons. The van der Waals surface area contributed by atoms with E-state index in [0.29, 0.717) is 12.3 Å². The van der Waals surface area contributed by atoms with E-state index in [1.807, 2.05) is 12.1 Å². The van der Waals surface area contributed by atoms with Crippen LogP contribution in [0.5, 0.6) is 5.75 Å². The van der Waals surface area contributed by atoms with Gasteiger partial charge in [-0.1, -0.05) is 22.9 Å². The summed E-state index contributed by atoms with van der Waals surface area (Å²) in [4.78, 5) is 11.8. The summed E-state index contributed by atoms with van der Waals surface area (Å²) in [5.41, 5.74) is 1.95. The molecule has 1 aliphatic carbocycles. The number of fused-ring (bicyclic) bond motifs is 1. The molecule has 0 saturated heterocycles. The maximum Gasteiger partial charge on any atom is 0.163 e. The molecule has 0 radical (unpaired) electrons. The van der Waals surface area contributed by atoms with Gasteiger partial charge in [-0.15, -0.1) is 0 Å². The highest BCUT2D eigenvalue weighted by atomic mass is 79.9. The van der Waals surface area contributed by atoms with Gasteiger partial charge in [-0.2, -0.15) is 0 Å². The average molecular weight is 269 g/mol. The molecule has 0 saturated carbocycles. The normalized spacial score (nSPS) is 19.9. The number of halogens is 1. The Morgan fingerprint density at radius 2 is 2.20 bits per heavy atom. The van der Waals surface area contributed by atoms with Crippen molar-refractivity contribution in [1.29, 1.82) is 0 Å². The first kappa shape index (κ1) is 10.7. The van der Waals surface area contributed by atoms with E-state index in [-0.39, 0.29) is 5.78 Å². The van der Waals surface area contributed by atoms with Gasteiger partial charge in [0.1, 0.15) is 5.75 Å². The van der Waals surface area contributed by atoms with Gasteiger partial charge >= 0.3 is 0 Å². The first-order valence-corrected chi connectivity index (χ1v) is 5.83. The summed E-state index contributed by atoms with van der Waals surface area (Å²) < 4.78 is 6.15. The van der Waals surface area contributed by atoms with Crippen molar-refractivity contribution in [2.75, 3.05) is 7.11 Å². The summed E-state index contributed by atoms with van der Waals surface area (Å²) in [6, 6.07) is 3.77. The third-order valence-corrected chi connectivity index (χ3v) is 3.59. The van der Waals surface area contributed by atoms with Crippen LogP contribution in [-0.4, -0.2) is 12.9 Å². The average Bonchev–Trinajstić information content (AvgIpc) is 2.23. The molecule has 0 heterocycles. The lowest BCUT2D eigenvalue weighted by Gasteiger charge is -2.23. The second kappa shape index (κ2) is 3.97. The third kappa shape index (κ3) is 1.81. The number of ketones is 1. The monoisotopic (exact) mass is 268 g/mol. The van der Waals surface area contributed by atoms with Crippen LogP contribution in [0.3, 0.4) is 0 Å². The second-order valence-electron chi connectivity index (χ2n) is 3.93. The number of carbonyl (C=O) groups excluding carboxylic acids is 1. The number of benzene rings is 1. The third-order valence-electron chi connectivity index (χ3n) is 2.94. The zero-order valence-corrected chi connectivity index (χ0v) is 10.4. The molecule has 1 aliphatic rings. The summed E-state index contributed by atoms with van der Waals surface area (Å²) in [7, 11) is 1.62. The van der Waals surface area contributed by atoms with Crippen LogP contribution in [0.2, 0.25) is 0 Å². The fourth-order valence-electron chi connectivity index (χ4n) is 2.07. The van der Waals surface area contributed by atoms with Crippen LogP contribution in [-0.2, 0) is 0 Å². The highest BCUT2D eigenvalue weighted by molar-refractivity contribution is 9.10. The van der Waals surface area contributed by atoms with Crippen molar-refractivity contribution < 1.29 is 9.53 Å². The molecule has 2 nitrogen and oxygen atoms in total. The molecule has 0 amide bonds. The number of ether oxygens (including phenoxy) is 1. The smallest absolute Gasteiger partial charge is 0.163 e. The fourth-order valence-corrected chi connectivity index (χ4v) is 2.90. The first-order chi connectivity index (χ1) is 7.13. The van der Waals surface area contributed by atoms with E-state index >= 15 is 0 Å². The molecular weight excluding hydrogens is 256 g/mol. The predicted octanol–water partition coefficient (Wildman–Crippen LogP) is 3.54. The largest absolute Gasteiger partial charge is 0.497 e. The lowest BCUT2D eigenvalue weighted by molar-refractivity contribution is 0.0967. The lowest BCUT2D eigenvalue weighted by atomic mass is 9.83. The molecule has 1 aromatic carbocycles. The van der Waals surface area contributed by atoms with Crippen LogP contribution in [0.4, 0.5) is 0 Å². The zero-order chi connectivity index (χ0) is 11.0. The fraction of sp³-hybridized carbons (Fsp3) is 0.417. The standard InChI is InChI=1S/C12H13BrO2/c1-7-3-4-11(14)9-5-8(15-2)6-10(13)12(7)9/h5-7H,3-4H2,1-2H3. The summed E-state index contributed by atoms with van der Waals surface area (Å²) in [5.74, 6) is 1.41. The number of methoxy groups -OCH3 is 1. The van der Waals surface area contributed by atoms with E-state index in [1.54, 1.807) is 7.11 Å². The molecule has 0 fully saturated rings. The number of hydrogen-bond donors (Lipinski definition) is 0. The summed E-state index contributed by atoms with van der Waals surface area (Å²) in [6.07, 6.45) is 1.59. The van der Waals surface area contributed by atoms with Crippen molar-refractivity contribution in [3.05, 3.63) is 27.7 Å². The van der Waals surface area contributed by atoms with E-state index in [2.05, 4.69) is 22.9 Å². The van der Waals surface area contributed by atoms with E-state index in [9.17, 15) is 4.79 Å². The molecular formula is C12H13BrO2. The van der Waals surface area contributed by atoms with Crippen LogP contribution in [0, 0.1) is 0 Å². The number of Topliss-reactive ketones (excluding diaryl/α,β-unsaturated/α-hetero) is 1. The second-order valence-corrected chi connectivity index (χ2v) is 4.79. The van der Waals surface area contributed by atoms with Crippen molar-refractivity contribution >= 4 is 21.7 Å². The maximum atomic E-state index is 11.8. The zero-order valence-electron chi connectivity index (χ0n) is 8.84. The van der Waals surface area contributed by atoms with Gasteiger partial charge in [0.25, 0.3) is 0 Å². The Morgan fingerprint density at radius 3 is 2.87 bits per heavy atom. The molecule has 1 aromatic rings. The first-order valence-electron chi connectivity index (χ1n) is 5.04. The molecule has 0 bridgehead atoms. The highest BCUT2D eigenvalue weighted by Crippen LogP contribution is 2.38. The molecule has 2 rings (SSSR count). The molecule has 15 heavy (non-hydrogen) atoms. The van der Waals surface area contributed by atoms with Crippen molar-refractivity contribution in [3.63, 3.8) is 0 Å². The molecule has 0 N–H and O–H groups in total. The summed E-state index contributed by atoms with van der Waals surface area (Å²) >= 11 is 3.51. The van der Waals surface area contributed by atoms with Crippen LogP contribution in [0.1, 0.15) is 41.6 Å². The Balaban J connectivity index is 2.61. The van der Waals surface area contributed by atoms with E-state index in [4.69, 9.17) is 4.74 Å². The van der Waals surface area contributed by atoms with Crippen LogP contribution in [0.15, 0.2) is 16.6 Å². The van der Waals surface area contributed by atoms with Crippen molar-refractivity contribution in [3.8, 4) is 5.75 Å². The topological polar surface area (TPSA) is 26.3 Å². The summed E-state index contributed by atoms with van der Waals surface area (Å²) in [5, 5.41) is 0. The minimum absolute atomic E-state index is 0.225. The number of carbonyl (C=O) groups is 1. The van der Waals surface area contributed by atoms with Crippen LogP contribution >= 0.6 is 15.9 Å². The molecule has 1 atom stereocenters. The predicted molar refractivity (Wildman–Crippen MR) is 62.7 cm³/mol. The Bertz CT molecular complexity index is 412. The van der Waals surface area contributed by atoms with Gasteiger partial charge in [0, 0.05) is 16.5 Å². The van der Waals surface area contributed by atoms with Gasteiger partial charge < -0.3 is 4.74 Å². The molecule has 0 spiro atoms. The Hall–Kier alpha value is -0.830. The van der Waals surface area contributed by atoms with Gasteiger partial charge in [0.15, 0.2) is 5.78 Å². The minimum atomic E-state index is 0.225. The van der Waals surface area contributed by atoms with Gasteiger partial charge in [-0.3, -0.25) is 4.79 Å². The quantitative estimate of drug-likeness (QED) is 0.779. The molecule has 0 aliphatic heterocycles. The number of hydrogen-bond acceptors (Lipinski definition) is 2. The van der Waals surface area contributed by atoms with Crippen molar-refractivity contribution in [2.45, 2.75) is 25.7 Å². The van der Waals surface area contributed by atoms with Gasteiger partial charge in [0.2, 0.25) is 0 Å². The number of rotatable bonds is 1. The van der Waals surface area contributed by atoms with Gasteiger partial charge in [-0.05, 0) is 30.0 Å². The van der Waals surface area contributed by atoms with Crippen LogP contribution in [0.25, 0.3) is 0 Å². The Morgan fingerprint density at radius 1 is 1.47 bits per heavy atom. The maximum absolute atomic E-state index is 11.8. The van der Waals surface area contributed by atoms with Crippen molar-refractivity contribution in [1.82, 2.24) is 0 Å². The summed E-state index contributed by atoms with van der Waals surface area (Å²) in [6.45, 7) is 2.16. The highest BCUT2D eigenvalue weighted by Gasteiger charge is 2.25. The van der Waals surface area contributed by atoms with Crippen molar-refractivity contribution in [2.24, 2.45) is 0 Å². The molecule has 3 heteroatoms. The van der Waals surface area contributed by atoms with Crippen LogP contribution < -0.4 is 4.74 Å². The minimum Gasteiger partial charge on any atom is -0.497 e. The Labute approximate surface area is 97.8 Å². The van der Waals surface area contributed by atoms with Gasteiger partial charge in [-0.25, -0.2) is 0 Å². The van der Waals surface area contributed by atoms with Gasteiger partial charge in [0.05, 0.1) is 7.11 Å². The Kier molecular flexibility index (Phi) is 2.83. The molecule has 0 aromatic heterocycles. The van der Waals surface area contributed by atoms with E-state index < -0.39 is 0 Å². The SMILES string of the molecule is COc1cc(Br)c2c(c1)C(=O)CCC2C. The van der Waals surface area contributed by atoms with E-state index in [0.717, 1.165) is 27.8 Å². The van der Waals surface area contributed by atoms with E-state index in [1.165, 1.54) is 0 Å². The lowest BCUT2D eigenvalue weighted by Crippen LogP contribution is -2.14. The molecule has 1 unspecified atom stereocenters.